The van der Waals surface area contributed by atoms with E-state index in [0.29, 0.717) is 24.6 Å². The van der Waals surface area contributed by atoms with Crippen LogP contribution in [0.3, 0.4) is 0 Å². The lowest BCUT2D eigenvalue weighted by molar-refractivity contribution is -0.139. The topological polar surface area (TPSA) is 75.8 Å². The lowest BCUT2D eigenvalue weighted by atomic mass is 9.97. The molecule has 0 spiro atoms. The summed E-state index contributed by atoms with van der Waals surface area (Å²) in [6.07, 6.45) is 4.25. The molecule has 1 fully saturated rings. The minimum Gasteiger partial charge on any atom is -0.482 e. The number of carbonyl (C=O) groups is 1. The van der Waals surface area contributed by atoms with Crippen LogP contribution in [0.2, 0.25) is 0 Å². The quantitative estimate of drug-likeness (QED) is 0.583. The number of aromatic nitrogens is 1. The molecule has 0 radical (unpaired) electrons. The first-order valence-electron chi connectivity index (χ1n) is 10.4. The Morgan fingerprint density at radius 3 is 2.97 bits per heavy atom. The van der Waals surface area contributed by atoms with E-state index in [4.69, 9.17) is 14.3 Å². The van der Waals surface area contributed by atoms with Gasteiger partial charge in [-0.25, -0.2) is 14.2 Å². The molecule has 0 aliphatic carbocycles. The molecule has 4 rings (SSSR count). The number of para-hydroxylation sites is 1. The molecule has 1 unspecified atom stereocenters. The molecule has 7 heteroatoms. The van der Waals surface area contributed by atoms with E-state index in [9.17, 15) is 9.18 Å². The molecule has 1 aliphatic heterocycles. The monoisotopic (exact) mass is 424 g/mol. The zero-order valence-corrected chi connectivity index (χ0v) is 17.2. The van der Waals surface area contributed by atoms with E-state index in [0.717, 1.165) is 42.8 Å². The number of ether oxygens (including phenoxy) is 1. The fraction of sp³-hybridized carbons (Fsp3) is 0.333. The molecule has 1 aromatic heterocycles. The molecule has 162 valence electrons. The Morgan fingerprint density at radius 2 is 2.13 bits per heavy atom. The fourth-order valence-corrected chi connectivity index (χ4v) is 4.00. The average molecular weight is 424 g/mol. The second-order valence-corrected chi connectivity index (χ2v) is 7.84. The van der Waals surface area contributed by atoms with Gasteiger partial charge in [-0.05, 0) is 43.1 Å². The normalized spacial score (nSPS) is 16.9. The molecular weight excluding hydrogens is 399 g/mol. The summed E-state index contributed by atoms with van der Waals surface area (Å²) in [6, 6.07) is 14.0. The molecule has 0 saturated carbocycles. The number of likely N-dealkylation sites (tertiary alicyclic amines) is 1. The predicted molar refractivity (Wildman–Crippen MR) is 113 cm³/mol. The van der Waals surface area contributed by atoms with Crippen LogP contribution in [0.1, 0.15) is 41.5 Å². The number of hydrogen-bond acceptors (Lipinski definition) is 5. The molecular formula is C24H25FN2O4. The first-order valence-corrected chi connectivity index (χ1v) is 10.4. The molecule has 1 aliphatic rings. The number of oxazole rings is 1. The number of piperidine rings is 1. The number of carboxylic acid groups (broad SMARTS) is 1. The van der Waals surface area contributed by atoms with Crippen molar-refractivity contribution in [3.8, 4) is 5.75 Å². The van der Waals surface area contributed by atoms with Gasteiger partial charge >= 0.3 is 5.97 Å². The number of halogens is 1. The second-order valence-electron chi connectivity index (χ2n) is 7.84. The highest BCUT2D eigenvalue weighted by molar-refractivity contribution is 5.68. The van der Waals surface area contributed by atoms with Gasteiger partial charge in [-0.1, -0.05) is 30.3 Å². The maximum atomic E-state index is 13.4. The van der Waals surface area contributed by atoms with Crippen LogP contribution in [-0.4, -0.2) is 40.7 Å². The Morgan fingerprint density at radius 1 is 1.26 bits per heavy atom. The van der Waals surface area contributed by atoms with Gasteiger partial charge in [0, 0.05) is 31.0 Å². The third-order valence-electron chi connectivity index (χ3n) is 5.41. The predicted octanol–water partition coefficient (Wildman–Crippen LogP) is 4.25. The molecule has 1 atom stereocenters. The van der Waals surface area contributed by atoms with Gasteiger partial charge in [-0.3, -0.25) is 4.90 Å². The maximum absolute atomic E-state index is 13.4. The Labute approximate surface area is 180 Å². The lowest BCUT2D eigenvalue weighted by Gasteiger charge is -2.31. The van der Waals surface area contributed by atoms with Gasteiger partial charge in [0.15, 0.2) is 12.5 Å². The smallest absolute Gasteiger partial charge is 0.341 e. The molecule has 0 bridgehead atoms. The van der Waals surface area contributed by atoms with Crippen LogP contribution in [0.5, 0.6) is 5.75 Å². The summed E-state index contributed by atoms with van der Waals surface area (Å²) in [5, 5.41) is 8.89. The Hall–Kier alpha value is -3.19. The SMILES string of the molecule is O=C(O)COc1ccccc1CN1CCCC(c2ncc(Cc3cccc(F)c3)o2)C1. The number of rotatable bonds is 8. The van der Waals surface area contributed by atoms with E-state index in [1.165, 1.54) is 12.1 Å². The molecule has 31 heavy (non-hydrogen) atoms. The van der Waals surface area contributed by atoms with Crippen molar-refractivity contribution in [3.05, 3.63) is 83.3 Å². The number of aliphatic carboxylic acids is 1. The van der Waals surface area contributed by atoms with Gasteiger partial charge in [0.2, 0.25) is 0 Å². The summed E-state index contributed by atoms with van der Waals surface area (Å²) in [5.41, 5.74) is 1.81. The van der Waals surface area contributed by atoms with Gasteiger partial charge < -0.3 is 14.3 Å². The average Bonchev–Trinajstić information content (AvgIpc) is 3.22. The molecule has 1 saturated heterocycles. The van der Waals surface area contributed by atoms with Crippen molar-refractivity contribution in [3.63, 3.8) is 0 Å². The summed E-state index contributed by atoms with van der Waals surface area (Å²) >= 11 is 0. The molecule has 2 heterocycles. The Balaban J connectivity index is 1.39. The van der Waals surface area contributed by atoms with Crippen LogP contribution in [0.25, 0.3) is 0 Å². The molecule has 3 aromatic rings. The summed E-state index contributed by atoms with van der Waals surface area (Å²) in [6.45, 7) is 2.06. The van der Waals surface area contributed by atoms with Crippen molar-refractivity contribution in [1.29, 1.82) is 0 Å². The van der Waals surface area contributed by atoms with Crippen molar-refractivity contribution >= 4 is 5.97 Å². The van der Waals surface area contributed by atoms with E-state index < -0.39 is 5.97 Å². The van der Waals surface area contributed by atoms with Crippen LogP contribution in [0, 0.1) is 5.82 Å². The molecule has 0 amide bonds. The minimum atomic E-state index is -0.995. The van der Waals surface area contributed by atoms with Crippen molar-refractivity contribution in [2.24, 2.45) is 0 Å². The number of nitrogens with zero attached hydrogens (tertiary/aromatic N) is 2. The summed E-state index contributed by atoms with van der Waals surface area (Å²) in [5.74, 6) is 0.970. The highest BCUT2D eigenvalue weighted by Gasteiger charge is 2.26. The highest BCUT2D eigenvalue weighted by Crippen LogP contribution is 2.29. The van der Waals surface area contributed by atoms with Gasteiger partial charge in [0.05, 0.1) is 6.20 Å². The minimum absolute atomic E-state index is 0.183. The Kier molecular flexibility index (Phi) is 6.62. The van der Waals surface area contributed by atoms with Crippen LogP contribution >= 0.6 is 0 Å². The first-order chi connectivity index (χ1) is 15.1. The second kappa shape index (κ2) is 9.75. The first kappa shape index (κ1) is 21.1. The third-order valence-corrected chi connectivity index (χ3v) is 5.41. The fourth-order valence-electron chi connectivity index (χ4n) is 4.00. The van der Waals surface area contributed by atoms with E-state index in [1.807, 2.05) is 24.3 Å². The van der Waals surface area contributed by atoms with Crippen LogP contribution in [-0.2, 0) is 17.8 Å². The van der Waals surface area contributed by atoms with Gasteiger partial charge in [-0.2, -0.15) is 0 Å². The zero-order chi connectivity index (χ0) is 21.6. The largest absolute Gasteiger partial charge is 0.482 e. The van der Waals surface area contributed by atoms with E-state index in [2.05, 4.69) is 9.88 Å². The van der Waals surface area contributed by atoms with E-state index >= 15 is 0 Å². The molecule has 6 nitrogen and oxygen atoms in total. The molecule has 1 N–H and O–H groups in total. The number of carboxylic acids is 1. The summed E-state index contributed by atoms with van der Waals surface area (Å²) < 4.78 is 24.9. The number of benzene rings is 2. The maximum Gasteiger partial charge on any atom is 0.341 e. The Bertz CT molecular complexity index is 1040. The summed E-state index contributed by atoms with van der Waals surface area (Å²) in [7, 11) is 0. The van der Waals surface area contributed by atoms with E-state index in [1.54, 1.807) is 18.3 Å². The van der Waals surface area contributed by atoms with Gasteiger partial charge in [-0.15, -0.1) is 0 Å². The van der Waals surface area contributed by atoms with Crippen molar-refractivity contribution < 1.29 is 23.4 Å². The van der Waals surface area contributed by atoms with Crippen molar-refractivity contribution in [1.82, 2.24) is 9.88 Å². The number of hydrogen-bond donors (Lipinski definition) is 1. The molecule has 2 aromatic carbocycles. The van der Waals surface area contributed by atoms with Gasteiger partial charge in [0.25, 0.3) is 0 Å². The van der Waals surface area contributed by atoms with Crippen LogP contribution in [0.15, 0.2) is 59.1 Å². The third kappa shape index (κ3) is 5.70. The van der Waals surface area contributed by atoms with Crippen molar-refractivity contribution in [2.45, 2.75) is 31.7 Å². The van der Waals surface area contributed by atoms with Crippen LogP contribution < -0.4 is 4.74 Å². The zero-order valence-electron chi connectivity index (χ0n) is 17.2. The standard InChI is InChI=1S/C24H25FN2O4/c25-20-8-3-5-17(11-20)12-21-13-26-24(31-21)19-7-4-10-27(15-19)14-18-6-1-2-9-22(18)30-16-23(28)29/h1-3,5-6,8-9,11,13,19H,4,7,10,12,14-16H2,(H,28,29). The van der Waals surface area contributed by atoms with Gasteiger partial charge in [0.1, 0.15) is 17.3 Å². The van der Waals surface area contributed by atoms with Crippen molar-refractivity contribution in [2.75, 3.05) is 19.7 Å². The van der Waals surface area contributed by atoms with E-state index in [-0.39, 0.29) is 18.3 Å². The summed E-state index contributed by atoms with van der Waals surface area (Å²) in [4.78, 5) is 17.6. The lowest BCUT2D eigenvalue weighted by Crippen LogP contribution is -2.34. The highest BCUT2D eigenvalue weighted by atomic mass is 19.1. The van der Waals surface area contributed by atoms with Crippen LogP contribution in [0.4, 0.5) is 4.39 Å².